The normalized spacial score (nSPS) is 22.7. The minimum Gasteiger partial charge on any atom is -0.353 e. The van der Waals surface area contributed by atoms with Gasteiger partial charge in [-0.05, 0) is 6.42 Å². The number of piperazine rings is 1. The van der Waals surface area contributed by atoms with E-state index in [4.69, 9.17) is 11.6 Å². The number of rotatable bonds is 1. The van der Waals surface area contributed by atoms with Crippen molar-refractivity contribution in [2.24, 2.45) is 0 Å². The molecule has 6 heteroatoms. The van der Waals surface area contributed by atoms with Crippen LogP contribution in [0.1, 0.15) is 39.4 Å². The Morgan fingerprint density at radius 2 is 2.05 bits per heavy atom. The van der Waals surface area contributed by atoms with Gasteiger partial charge in [-0.3, -0.25) is 4.79 Å². The van der Waals surface area contributed by atoms with Gasteiger partial charge in [0, 0.05) is 43.6 Å². The largest absolute Gasteiger partial charge is 0.353 e. The highest BCUT2D eigenvalue weighted by Crippen LogP contribution is 2.28. The molecule has 3 rings (SSSR count). The number of amides is 1. The van der Waals surface area contributed by atoms with Crippen LogP contribution >= 0.6 is 11.6 Å². The van der Waals surface area contributed by atoms with Crippen molar-refractivity contribution < 1.29 is 4.79 Å². The van der Waals surface area contributed by atoms with Crippen molar-refractivity contribution in [2.45, 2.75) is 45.1 Å². The minimum atomic E-state index is -0.134. The van der Waals surface area contributed by atoms with Crippen LogP contribution < -0.4 is 4.90 Å². The number of halogens is 1. The van der Waals surface area contributed by atoms with Gasteiger partial charge < -0.3 is 9.80 Å². The van der Waals surface area contributed by atoms with Crippen molar-refractivity contribution in [3.8, 4) is 0 Å². The zero-order valence-corrected chi connectivity index (χ0v) is 13.5. The molecule has 3 heterocycles. The standard InChI is InChI=1S/C15H21ClN4O/c1-15(2,3)14-17-11(16)8-12(18-14)19-6-7-20-10(9-19)4-5-13(20)21/h8,10H,4-7,9H2,1-3H3. The van der Waals surface area contributed by atoms with Crippen LogP contribution in [0.5, 0.6) is 0 Å². The van der Waals surface area contributed by atoms with Crippen LogP contribution in [0.25, 0.3) is 0 Å². The second-order valence-electron chi connectivity index (χ2n) is 6.85. The summed E-state index contributed by atoms with van der Waals surface area (Å²) in [6.07, 6.45) is 1.62. The zero-order chi connectivity index (χ0) is 15.2. The molecule has 1 unspecified atom stereocenters. The van der Waals surface area contributed by atoms with Gasteiger partial charge in [0.25, 0.3) is 0 Å². The van der Waals surface area contributed by atoms with Crippen molar-refractivity contribution in [2.75, 3.05) is 24.5 Å². The molecule has 1 aromatic rings. The third-order valence-corrected chi connectivity index (χ3v) is 4.36. The Bertz CT molecular complexity index is 569. The lowest BCUT2D eigenvalue weighted by Gasteiger charge is -2.38. The van der Waals surface area contributed by atoms with Gasteiger partial charge in [0.1, 0.15) is 16.8 Å². The van der Waals surface area contributed by atoms with Gasteiger partial charge in [-0.1, -0.05) is 32.4 Å². The molecule has 0 aliphatic carbocycles. The predicted molar refractivity (Wildman–Crippen MR) is 82.7 cm³/mol. The number of carbonyl (C=O) groups excluding carboxylic acids is 1. The van der Waals surface area contributed by atoms with Gasteiger partial charge in [-0.15, -0.1) is 0 Å². The van der Waals surface area contributed by atoms with Gasteiger partial charge in [0.2, 0.25) is 5.91 Å². The quantitative estimate of drug-likeness (QED) is 0.747. The van der Waals surface area contributed by atoms with E-state index in [-0.39, 0.29) is 11.3 Å². The van der Waals surface area contributed by atoms with Gasteiger partial charge >= 0.3 is 0 Å². The molecule has 0 N–H and O–H groups in total. The number of carbonyl (C=O) groups is 1. The highest BCUT2D eigenvalue weighted by molar-refractivity contribution is 6.29. The first-order valence-corrected chi connectivity index (χ1v) is 7.82. The zero-order valence-electron chi connectivity index (χ0n) is 12.8. The average molecular weight is 309 g/mol. The molecule has 0 spiro atoms. The molecule has 0 saturated carbocycles. The summed E-state index contributed by atoms with van der Waals surface area (Å²) in [6.45, 7) is 8.65. The third kappa shape index (κ3) is 2.84. The number of aromatic nitrogens is 2. The smallest absolute Gasteiger partial charge is 0.223 e. The van der Waals surface area contributed by atoms with Crippen molar-refractivity contribution in [3.63, 3.8) is 0 Å². The van der Waals surface area contributed by atoms with Crippen LogP contribution in [0.3, 0.4) is 0 Å². The molecule has 2 aliphatic rings. The number of anilines is 1. The van der Waals surface area contributed by atoms with Crippen LogP contribution in [-0.2, 0) is 10.2 Å². The predicted octanol–water partition coefficient (Wildman–Crippen LogP) is 2.24. The molecular formula is C15H21ClN4O. The highest BCUT2D eigenvalue weighted by atomic mass is 35.5. The lowest BCUT2D eigenvalue weighted by molar-refractivity contribution is -0.129. The maximum absolute atomic E-state index is 11.8. The van der Waals surface area contributed by atoms with Gasteiger partial charge in [-0.2, -0.15) is 0 Å². The van der Waals surface area contributed by atoms with E-state index in [2.05, 4.69) is 35.6 Å². The van der Waals surface area contributed by atoms with Crippen molar-refractivity contribution in [1.82, 2.24) is 14.9 Å². The van der Waals surface area contributed by atoms with Gasteiger partial charge in [-0.25, -0.2) is 9.97 Å². The molecule has 21 heavy (non-hydrogen) atoms. The summed E-state index contributed by atoms with van der Waals surface area (Å²) in [5.41, 5.74) is -0.134. The molecule has 114 valence electrons. The molecule has 1 aromatic heterocycles. The fraction of sp³-hybridized carbons (Fsp3) is 0.667. The summed E-state index contributed by atoms with van der Waals surface area (Å²) in [5.74, 6) is 1.92. The van der Waals surface area contributed by atoms with Gasteiger partial charge in [0.15, 0.2) is 0 Å². The Hall–Kier alpha value is -1.36. The number of hydrogen-bond acceptors (Lipinski definition) is 4. The van der Waals surface area contributed by atoms with E-state index in [1.54, 1.807) is 0 Å². The molecule has 0 radical (unpaired) electrons. The maximum atomic E-state index is 11.8. The van der Waals surface area contributed by atoms with E-state index < -0.39 is 0 Å². The monoisotopic (exact) mass is 308 g/mol. The lowest BCUT2D eigenvalue weighted by atomic mass is 9.96. The van der Waals surface area contributed by atoms with Crippen LogP contribution in [0.4, 0.5) is 5.82 Å². The Kier molecular flexibility index (Phi) is 3.56. The van der Waals surface area contributed by atoms with E-state index in [0.29, 0.717) is 17.6 Å². The molecule has 2 saturated heterocycles. The van der Waals surface area contributed by atoms with E-state index in [1.807, 2.05) is 11.0 Å². The summed E-state index contributed by atoms with van der Waals surface area (Å²) >= 11 is 6.17. The molecule has 1 amide bonds. The van der Waals surface area contributed by atoms with E-state index >= 15 is 0 Å². The Balaban J connectivity index is 1.84. The molecule has 2 fully saturated rings. The number of nitrogens with zero attached hydrogens (tertiary/aromatic N) is 4. The topological polar surface area (TPSA) is 49.3 Å². The number of hydrogen-bond donors (Lipinski definition) is 0. The first-order valence-electron chi connectivity index (χ1n) is 7.44. The Labute approximate surface area is 130 Å². The molecule has 0 aromatic carbocycles. The average Bonchev–Trinajstić information content (AvgIpc) is 2.78. The third-order valence-electron chi connectivity index (χ3n) is 4.17. The molecular weight excluding hydrogens is 288 g/mol. The Morgan fingerprint density at radius 1 is 1.29 bits per heavy atom. The first-order chi connectivity index (χ1) is 9.84. The summed E-state index contributed by atoms with van der Waals surface area (Å²) in [6, 6.07) is 2.14. The first kappa shape index (κ1) is 14.6. The SMILES string of the molecule is CC(C)(C)c1nc(Cl)cc(N2CCN3C(=O)CCC3C2)n1. The Morgan fingerprint density at radius 3 is 2.76 bits per heavy atom. The van der Waals surface area contributed by atoms with E-state index in [0.717, 1.165) is 37.7 Å². The molecule has 1 atom stereocenters. The second-order valence-corrected chi connectivity index (χ2v) is 7.24. The van der Waals surface area contributed by atoms with Crippen LogP contribution in [0.2, 0.25) is 5.15 Å². The van der Waals surface area contributed by atoms with Gasteiger partial charge in [0.05, 0.1) is 0 Å². The maximum Gasteiger partial charge on any atom is 0.223 e. The van der Waals surface area contributed by atoms with Crippen molar-refractivity contribution in [1.29, 1.82) is 0 Å². The van der Waals surface area contributed by atoms with E-state index in [1.165, 1.54) is 0 Å². The fourth-order valence-electron chi connectivity index (χ4n) is 2.98. The lowest BCUT2D eigenvalue weighted by Crippen LogP contribution is -2.51. The second kappa shape index (κ2) is 5.13. The molecule has 5 nitrogen and oxygen atoms in total. The molecule has 2 aliphatic heterocycles. The van der Waals surface area contributed by atoms with E-state index in [9.17, 15) is 4.79 Å². The summed E-state index contributed by atoms with van der Waals surface area (Å²) < 4.78 is 0. The van der Waals surface area contributed by atoms with Crippen LogP contribution in [0.15, 0.2) is 6.07 Å². The molecule has 0 bridgehead atoms. The minimum absolute atomic E-state index is 0.134. The van der Waals surface area contributed by atoms with Crippen LogP contribution in [0, 0.1) is 0 Å². The van der Waals surface area contributed by atoms with Crippen molar-refractivity contribution in [3.05, 3.63) is 17.0 Å². The fourth-order valence-corrected chi connectivity index (χ4v) is 3.15. The summed E-state index contributed by atoms with van der Waals surface area (Å²) in [7, 11) is 0. The highest BCUT2D eigenvalue weighted by Gasteiger charge is 2.36. The summed E-state index contributed by atoms with van der Waals surface area (Å²) in [4.78, 5) is 25.0. The number of fused-ring (bicyclic) bond motifs is 1. The van der Waals surface area contributed by atoms with Crippen molar-refractivity contribution >= 4 is 23.3 Å². The van der Waals surface area contributed by atoms with Crippen LogP contribution in [-0.4, -0.2) is 46.5 Å². The summed E-state index contributed by atoms with van der Waals surface area (Å²) in [5, 5.41) is 0.481.